The normalized spacial score (nSPS) is 10.9. The largest absolute Gasteiger partial charge is 0.497 e. The maximum atomic E-state index is 13.5. The Balaban J connectivity index is 1.39. The number of carbonyl (C=O) groups excluding carboxylic acids is 1. The molecule has 1 heterocycles. The van der Waals surface area contributed by atoms with Gasteiger partial charge in [-0.2, -0.15) is 5.10 Å². The molecule has 0 unspecified atom stereocenters. The van der Waals surface area contributed by atoms with E-state index in [0.29, 0.717) is 17.9 Å². The van der Waals surface area contributed by atoms with Crippen LogP contribution in [0.3, 0.4) is 0 Å². The standard InChI is InChI=1S/C32H29N3O2/c1-37-28-19-11-16-26(22-28)30-23-31(35(34-30)27-17-9-4-10-18-27)32(36)33-21-20-29(24-12-5-2-6-13-24)25-14-7-3-8-15-25/h2-19,22-23,29H,20-21H2,1H3,(H,33,36). The lowest BCUT2D eigenvalue weighted by molar-refractivity contribution is 0.0945. The van der Waals surface area contributed by atoms with Crippen molar-refractivity contribution in [3.63, 3.8) is 0 Å². The Bertz CT molecular complexity index is 1410. The lowest BCUT2D eigenvalue weighted by Crippen LogP contribution is -2.28. The van der Waals surface area contributed by atoms with Crippen LogP contribution in [-0.4, -0.2) is 29.3 Å². The van der Waals surface area contributed by atoms with Crippen molar-refractivity contribution in [2.45, 2.75) is 12.3 Å². The van der Waals surface area contributed by atoms with Gasteiger partial charge in [0, 0.05) is 18.0 Å². The summed E-state index contributed by atoms with van der Waals surface area (Å²) in [5.74, 6) is 0.769. The van der Waals surface area contributed by atoms with E-state index in [9.17, 15) is 4.79 Å². The zero-order chi connectivity index (χ0) is 25.5. The summed E-state index contributed by atoms with van der Waals surface area (Å²) in [7, 11) is 1.64. The van der Waals surface area contributed by atoms with Crippen molar-refractivity contribution in [2.75, 3.05) is 13.7 Å². The molecule has 0 atom stereocenters. The maximum Gasteiger partial charge on any atom is 0.270 e. The molecule has 0 bridgehead atoms. The van der Waals surface area contributed by atoms with E-state index in [2.05, 4.69) is 53.8 Å². The third-order valence-corrected chi connectivity index (χ3v) is 6.43. The molecular weight excluding hydrogens is 458 g/mol. The number of hydrogen-bond donors (Lipinski definition) is 1. The number of aromatic nitrogens is 2. The van der Waals surface area contributed by atoms with Crippen molar-refractivity contribution >= 4 is 5.91 Å². The van der Waals surface area contributed by atoms with E-state index in [-0.39, 0.29) is 11.8 Å². The molecule has 0 aliphatic heterocycles. The van der Waals surface area contributed by atoms with Crippen molar-refractivity contribution in [2.24, 2.45) is 0 Å². The summed E-state index contributed by atoms with van der Waals surface area (Å²) in [6.07, 6.45) is 0.780. The zero-order valence-corrected chi connectivity index (χ0v) is 20.7. The summed E-state index contributed by atoms with van der Waals surface area (Å²) in [6.45, 7) is 0.530. The summed E-state index contributed by atoms with van der Waals surface area (Å²) in [5.41, 5.74) is 5.37. The minimum atomic E-state index is -0.162. The van der Waals surface area contributed by atoms with Crippen LogP contribution in [0.2, 0.25) is 0 Å². The van der Waals surface area contributed by atoms with E-state index in [0.717, 1.165) is 23.4 Å². The first-order chi connectivity index (χ1) is 18.2. The molecule has 5 aromatic rings. The molecule has 1 amide bonds. The summed E-state index contributed by atoms with van der Waals surface area (Å²) >= 11 is 0. The van der Waals surface area contributed by atoms with Crippen LogP contribution in [0.1, 0.15) is 34.0 Å². The molecule has 0 aliphatic rings. The summed E-state index contributed by atoms with van der Waals surface area (Å²) < 4.78 is 7.08. The van der Waals surface area contributed by atoms with Gasteiger partial charge in [-0.25, -0.2) is 4.68 Å². The number of methoxy groups -OCH3 is 1. The van der Waals surface area contributed by atoms with Gasteiger partial charge in [-0.05, 0) is 47.9 Å². The van der Waals surface area contributed by atoms with E-state index in [1.165, 1.54) is 11.1 Å². The smallest absolute Gasteiger partial charge is 0.270 e. The van der Waals surface area contributed by atoms with E-state index in [1.54, 1.807) is 11.8 Å². The molecule has 184 valence electrons. The SMILES string of the molecule is COc1cccc(-c2cc(C(=O)NCCC(c3ccccc3)c3ccccc3)n(-c3ccccc3)n2)c1. The minimum Gasteiger partial charge on any atom is -0.497 e. The van der Waals surface area contributed by atoms with Crippen molar-refractivity contribution in [1.82, 2.24) is 15.1 Å². The molecule has 5 heteroatoms. The molecule has 5 rings (SSSR count). The highest BCUT2D eigenvalue weighted by molar-refractivity contribution is 5.94. The van der Waals surface area contributed by atoms with E-state index >= 15 is 0 Å². The van der Waals surface area contributed by atoms with Crippen molar-refractivity contribution in [1.29, 1.82) is 0 Å². The Morgan fingerprint density at radius 1 is 0.811 bits per heavy atom. The number of nitrogens with one attached hydrogen (secondary N) is 1. The first-order valence-corrected chi connectivity index (χ1v) is 12.4. The van der Waals surface area contributed by atoms with Gasteiger partial charge in [0.15, 0.2) is 0 Å². The molecule has 0 fully saturated rings. The lowest BCUT2D eigenvalue weighted by Gasteiger charge is -2.18. The monoisotopic (exact) mass is 487 g/mol. The third-order valence-electron chi connectivity index (χ3n) is 6.43. The summed E-state index contributed by atoms with van der Waals surface area (Å²) in [5, 5.41) is 7.93. The van der Waals surface area contributed by atoms with Crippen LogP contribution >= 0.6 is 0 Å². The first kappa shape index (κ1) is 24.1. The van der Waals surface area contributed by atoms with Gasteiger partial charge in [-0.3, -0.25) is 4.79 Å². The van der Waals surface area contributed by atoms with Crippen molar-refractivity contribution in [3.8, 4) is 22.7 Å². The minimum absolute atomic E-state index is 0.162. The molecule has 0 spiro atoms. The topological polar surface area (TPSA) is 56.1 Å². The second kappa shape index (κ2) is 11.4. The Kier molecular flexibility index (Phi) is 7.42. The molecule has 1 aromatic heterocycles. The molecule has 5 nitrogen and oxygen atoms in total. The van der Waals surface area contributed by atoms with Crippen molar-refractivity contribution < 1.29 is 9.53 Å². The average Bonchev–Trinajstić information content (AvgIpc) is 3.43. The number of ether oxygens (including phenoxy) is 1. The Morgan fingerprint density at radius 3 is 2.05 bits per heavy atom. The number of para-hydroxylation sites is 1. The molecule has 4 aromatic carbocycles. The Morgan fingerprint density at radius 2 is 1.43 bits per heavy atom. The Labute approximate surface area is 217 Å². The molecule has 0 radical (unpaired) electrons. The van der Waals surface area contributed by atoms with Gasteiger partial charge in [-0.15, -0.1) is 0 Å². The van der Waals surface area contributed by atoms with Crippen molar-refractivity contribution in [3.05, 3.63) is 138 Å². The van der Waals surface area contributed by atoms with Crippen LogP contribution in [0.5, 0.6) is 5.75 Å². The van der Waals surface area contributed by atoms with E-state index in [1.807, 2.05) is 72.8 Å². The van der Waals surface area contributed by atoms with E-state index < -0.39 is 0 Å². The first-order valence-electron chi connectivity index (χ1n) is 12.4. The molecule has 0 aliphatic carbocycles. The van der Waals surface area contributed by atoms with Crippen LogP contribution in [0.25, 0.3) is 16.9 Å². The van der Waals surface area contributed by atoms with Gasteiger partial charge in [0.05, 0.1) is 18.5 Å². The lowest BCUT2D eigenvalue weighted by atomic mass is 9.88. The number of amides is 1. The van der Waals surface area contributed by atoms with Gasteiger partial charge in [0.2, 0.25) is 0 Å². The maximum absolute atomic E-state index is 13.5. The van der Waals surface area contributed by atoms with Gasteiger partial charge < -0.3 is 10.1 Å². The zero-order valence-electron chi connectivity index (χ0n) is 20.7. The van der Waals surface area contributed by atoms with Gasteiger partial charge in [0.1, 0.15) is 11.4 Å². The van der Waals surface area contributed by atoms with Gasteiger partial charge in [-0.1, -0.05) is 91.0 Å². The van der Waals surface area contributed by atoms with E-state index in [4.69, 9.17) is 9.84 Å². The molecule has 37 heavy (non-hydrogen) atoms. The quantitative estimate of drug-likeness (QED) is 0.258. The fourth-order valence-corrected chi connectivity index (χ4v) is 4.55. The second-order valence-electron chi connectivity index (χ2n) is 8.81. The average molecular weight is 488 g/mol. The predicted molar refractivity (Wildman–Crippen MR) is 147 cm³/mol. The van der Waals surface area contributed by atoms with Crippen LogP contribution in [0, 0.1) is 0 Å². The molecular formula is C32H29N3O2. The number of benzene rings is 4. The fraction of sp³-hybridized carbons (Fsp3) is 0.125. The Hall–Kier alpha value is -4.64. The highest BCUT2D eigenvalue weighted by Gasteiger charge is 2.19. The van der Waals surface area contributed by atoms with Gasteiger partial charge >= 0.3 is 0 Å². The highest BCUT2D eigenvalue weighted by Crippen LogP contribution is 2.28. The van der Waals surface area contributed by atoms with Crippen LogP contribution in [-0.2, 0) is 0 Å². The van der Waals surface area contributed by atoms with Crippen LogP contribution < -0.4 is 10.1 Å². The number of hydrogen-bond acceptors (Lipinski definition) is 3. The predicted octanol–water partition coefficient (Wildman–Crippen LogP) is 6.50. The number of nitrogens with zero attached hydrogens (tertiary/aromatic N) is 2. The molecule has 0 saturated heterocycles. The van der Waals surface area contributed by atoms with Crippen LogP contribution in [0.15, 0.2) is 121 Å². The molecule has 1 N–H and O–H groups in total. The molecule has 0 saturated carbocycles. The number of rotatable bonds is 9. The summed E-state index contributed by atoms with van der Waals surface area (Å²) in [4.78, 5) is 13.5. The second-order valence-corrected chi connectivity index (χ2v) is 8.81. The fourth-order valence-electron chi connectivity index (χ4n) is 4.55. The number of carbonyl (C=O) groups is 1. The highest BCUT2D eigenvalue weighted by atomic mass is 16.5. The third kappa shape index (κ3) is 5.62. The van der Waals surface area contributed by atoms with Gasteiger partial charge in [0.25, 0.3) is 5.91 Å². The summed E-state index contributed by atoms with van der Waals surface area (Å²) in [6, 6.07) is 40.1. The van der Waals surface area contributed by atoms with Crippen LogP contribution in [0.4, 0.5) is 0 Å².